The lowest BCUT2D eigenvalue weighted by Gasteiger charge is -2.21. The number of benzene rings is 1. The average molecular weight is 254 g/mol. The molecule has 0 aromatic heterocycles. The fourth-order valence-corrected chi connectivity index (χ4v) is 1.57. The molecule has 0 spiro atoms. The Hall–Kier alpha value is -0.940. The van der Waals surface area contributed by atoms with Gasteiger partial charge < -0.3 is 10.5 Å². The van der Waals surface area contributed by atoms with Crippen molar-refractivity contribution >= 4 is 11.6 Å². The van der Waals surface area contributed by atoms with Crippen molar-refractivity contribution in [3.05, 3.63) is 28.8 Å². The number of hydrogen-bond donors (Lipinski definition) is 1. The quantitative estimate of drug-likeness (QED) is 0.899. The molecule has 0 amide bonds. The largest absolute Gasteiger partial charge is 0.496 e. The summed E-state index contributed by atoms with van der Waals surface area (Å²) in [5.41, 5.74) is 5.15. The molecule has 0 aliphatic carbocycles. The molecule has 1 aromatic carbocycles. The highest BCUT2D eigenvalue weighted by atomic mass is 35.5. The van der Waals surface area contributed by atoms with Crippen molar-refractivity contribution in [1.29, 1.82) is 0 Å². The van der Waals surface area contributed by atoms with Gasteiger partial charge in [0.25, 0.3) is 0 Å². The molecule has 1 atom stereocenters. The van der Waals surface area contributed by atoms with Gasteiger partial charge in [-0.25, -0.2) is 0 Å². The molecule has 1 unspecified atom stereocenters. The molecule has 0 fully saturated rings. The van der Waals surface area contributed by atoms with Crippen molar-refractivity contribution in [3.8, 4) is 5.75 Å². The molecule has 0 radical (unpaired) electrons. The molecule has 0 bridgehead atoms. The van der Waals surface area contributed by atoms with E-state index in [4.69, 9.17) is 22.1 Å². The number of halogens is 4. The fraction of sp³-hybridized carbons (Fsp3) is 0.400. The van der Waals surface area contributed by atoms with Gasteiger partial charge >= 0.3 is 6.18 Å². The number of rotatable bonds is 3. The van der Waals surface area contributed by atoms with Gasteiger partial charge in [-0.3, -0.25) is 0 Å². The predicted octanol–water partition coefficient (Wildman–Crippen LogP) is 2.95. The van der Waals surface area contributed by atoms with Crippen molar-refractivity contribution in [3.63, 3.8) is 0 Å². The molecular formula is C10H11ClF3NO. The highest BCUT2D eigenvalue weighted by Crippen LogP contribution is 2.39. The molecule has 0 saturated heterocycles. The van der Waals surface area contributed by atoms with E-state index in [1.165, 1.54) is 25.3 Å². The van der Waals surface area contributed by atoms with Gasteiger partial charge in [0.05, 0.1) is 13.0 Å². The van der Waals surface area contributed by atoms with Crippen molar-refractivity contribution in [2.45, 2.75) is 12.1 Å². The van der Waals surface area contributed by atoms with Crippen LogP contribution < -0.4 is 10.5 Å². The minimum absolute atomic E-state index is 0.00176. The van der Waals surface area contributed by atoms with Crippen molar-refractivity contribution in [2.24, 2.45) is 5.73 Å². The lowest BCUT2D eigenvalue weighted by molar-refractivity contribution is -0.148. The van der Waals surface area contributed by atoms with Crippen LogP contribution in [-0.2, 0) is 0 Å². The summed E-state index contributed by atoms with van der Waals surface area (Å²) >= 11 is 5.67. The van der Waals surface area contributed by atoms with Crippen LogP contribution in [0, 0.1) is 0 Å². The molecule has 2 N–H and O–H groups in total. The second-order valence-electron chi connectivity index (χ2n) is 3.22. The summed E-state index contributed by atoms with van der Waals surface area (Å²) in [7, 11) is 1.29. The molecular weight excluding hydrogens is 243 g/mol. The zero-order chi connectivity index (χ0) is 12.3. The molecule has 90 valence electrons. The van der Waals surface area contributed by atoms with Gasteiger partial charge in [-0.1, -0.05) is 17.7 Å². The number of hydrogen-bond acceptors (Lipinski definition) is 2. The van der Waals surface area contributed by atoms with Crippen LogP contribution in [0.4, 0.5) is 13.2 Å². The third-order valence-corrected chi connectivity index (χ3v) is 2.44. The molecule has 0 heterocycles. The highest BCUT2D eigenvalue weighted by molar-refractivity contribution is 6.30. The maximum Gasteiger partial charge on any atom is 0.397 e. The summed E-state index contributed by atoms with van der Waals surface area (Å²) in [6, 6.07) is 4.01. The minimum Gasteiger partial charge on any atom is -0.496 e. The van der Waals surface area contributed by atoms with Gasteiger partial charge in [0, 0.05) is 17.1 Å². The summed E-state index contributed by atoms with van der Waals surface area (Å²) < 4.78 is 42.8. The lowest BCUT2D eigenvalue weighted by atomic mass is 9.97. The molecule has 0 saturated carbocycles. The van der Waals surface area contributed by atoms with Gasteiger partial charge in [0.2, 0.25) is 0 Å². The second-order valence-corrected chi connectivity index (χ2v) is 3.65. The number of ether oxygens (including phenoxy) is 1. The summed E-state index contributed by atoms with van der Waals surface area (Å²) in [4.78, 5) is 0. The van der Waals surface area contributed by atoms with E-state index in [0.29, 0.717) is 5.02 Å². The first-order valence-corrected chi connectivity index (χ1v) is 4.88. The Bertz CT molecular complexity index is 368. The summed E-state index contributed by atoms with van der Waals surface area (Å²) in [6.45, 7) is -0.526. The zero-order valence-electron chi connectivity index (χ0n) is 8.51. The Labute approximate surface area is 96.1 Å². The Morgan fingerprint density at radius 2 is 2.06 bits per heavy atom. The molecule has 6 heteroatoms. The van der Waals surface area contributed by atoms with E-state index in [2.05, 4.69) is 0 Å². The normalized spacial score (nSPS) is 13.6. The Morgan fingerprint density at radius 3 is 2.50 bits per heavy atom. The van der Waals surface area contributed by atoms with Crippen LogP contribution in [0.3, 0.4) is 0 Å². The van der Waals surface area contributed by atoms with Gasteiger partial charge in [-0.05, 0) is 12.1 Å². The van der Waals surface area contributed by atoms with Gasteiger partial charge in [0.15, 0.2) is 0 Å². The first-order valence-electron chi connectivity index (χ1n) is 4.50. The van der Waals surface area contributed by atoms with Crippen LogP contribution in [0.5, 0.6) is 5.75 Å². The van der Waals surface area contributed by atoms with E-state index in [-0.39, 0.29) is 11.3 Å². The monoisotopic (exact) mass is 253 g/mol. The standard InChI is InChI=1S/C10H11ClF3NO/c1-16-9-4-6(11)2-3-7(9)8(5-15)10(12,13)14/h2-4,8H,5,15H2,1H3. The maximum absolute atomic E-state index is 12.7. The summed E-state index contributed by atoms with van der Waals surface area (Å²) in [6.07, 6.45) is -4.39. The van der Waals surface area contributed by atoms with Crippen LogP contribution in [0.1, 0.15) is 11.5 Å². The SMILES string of the molecule is COc1cc(Cl)ccc1C(CN)C(F)(F)F. The van der Waals surface area contributed by atoms with E-state index in [1.807, 2.05) is 0 Å². The van der Waals surface area contributed by atoms with Crippen molar-refractivity contribution in [2.75, 3.05) is 13.7 Å². The molecule has 2 nitrogen and oxygen atoms in total. The predicted molar refractivity (Wildman–Crippen MR) is 55.9 cm³/mol. The Kier molecular flexibility index (Phi) is 4.04. The second kappa shape index (κ2) is 4.93. The molecule has 0 aliphatic heterocycles. The topological polar surface area (TPSA) is 35.2 Å². The maximum atomic E-state index is 12.7. The Balaban J connectivity index is 3.20. The van der Waals surface area contributed by atoms with Crippen LogP contribution >= 0.6 is 11.6 Å². The third kappa shape index (κ3) is 2.80. The van der Waals surface area contributed by atoms with Gasteiger partial charge in [-0.15, -0.1) is 0 Å². The van der Waals surface area contributed by atoms with E-state index in [0.717, 1.165) is 0 Å². The van der Waals surface area contributed by atoms with Gasteiger partial charge in [-0.2, -0.15) is 13.2 Å². The van der Waals surface area contributed by atoms with E-state index in [9.17, 15) is 13.2 Å². The highest BCUT2D eigenvalue weighted by Gasteiger charge is 2.41. The van der Waals surface area contributed by atoms with Crippen LogP contribution in [0.25, 0.3) is 0 Å². The number of alkyl halides is 3. The smallest absolute Gasteiger partial charge is 0.397 e. The lowest BCUT2D eigenvalue weighted by Crippen LogP contribution is -2.28. The minimum atomic E-state index is -4.39. The van der Waals surface area contributed by atoms with E-state index >= 15 is 0 Å². The number of methoxy groups -OCH3 is 1. The van der Waals surface area contributed by atoms with Crippen molar-refractivity contribution < 1.29 is 17.9 Å². The molecule has 1 aromatic rings. The summed E-state index contributed by atoms with van der Waals surface area (Å²) in [5, 5.41) is 0.318. The molecule has 0 aliphatic rings. The number of nitrogens with two attached hydrogens (primary N) is 1. The first-order chi connectivity index (χ1) is 7.40. The van der Waals surface area contributed by atoms with Crippen molar-refractivity contribution in [1.82, 2.24) is 0 Å². The molecule has 1 rings (SSSR count). The average Bonchev–Trinajstić information content (AvgIpc) is 2.19. The Morgan fingerprint density at radius 1 is 1.44 bits per heavy atom. The zero-order valence-corrected chi connectivity index (χ0v) is 9.27. The van der Waals surface area contributed by atoms with Crippen LogP contribution in [-0.4, -0.2) is 19.8 Å². The van der Waals surface area contributed by atoms with Gasteiger partial charge in [0.1, 0.15) is 5.75 Å². The van der Waals surface area contributed by atoms with Crippen LogP contribution in [0.15, 0.2) is 18.2 Å². The van der Waals surface area contributed by atoms with E-state index < -0.39 is 18.6 Å². The molecule has 16 heavy (non-hydrogen) atoms. The third-order valence-electron chi connectivity index (χ3n) is 2.20. The van der Waals surface area contributed by atoms with E-state index in [1.54, 1.807) is 0 Å². The van der Waals surface area contributed by atoms with Crippen LogP contribution in [0.2, 0.25) is 5.02 Å². The summed E-state index contributed by atoms with van der Waals surface area (Å²) in [5.74, 6) is -1.64. The first kappa shape index (κ1) is 13.1. The fourth-order valence-electron chi connectivity index (χ4n) is 1.41.